The van der Waals surface area contributed by atoms with Gasteiger partial charge in [-0.1, -0.05) is 13.0 Å². The number of hydrogen-bond donors (Lipinski definition) is 1. The second-order valence-corrected chi connectivity index (χ2v) is 4.03. The highest BCUT2D eigenvalue weighted by atomic mass is 19.4. The first kappa shape index (κ1) is 14.1. The molecule has 1 heterocycles. The van der Waals surface area contributed by atoms with Gasteiger partial charge in [0.05, 0.1) is 5.56 Å². The molecule has 0 saturated carbocycles. The van der Waals surface area contributed by atoms with Crippen LogP contribution in [0.3, 0.4) is 0 Å². The summed E-state index contributed by atoms with van der Waals surface area (Å²) >= 11 is 0. The Morgan fingerprint density at radius 3 is 2.60 bits per heavy atom. The molecule has 7 heteroatoms. The third-order valence-electron chi connectivity index (χ3n) is 2.47. The Bertz CT molecular complexity index is 614. The number of benzene rings is 1. The van der Waals surface area contributed by atoms with E-state index >= 15 is 0 Å². The van der Waals surface area contributed by atoms with Gasteiger partial charge in [0, 0.05) is 12.5 Å². The average Bonchev–Trinajstić information content (AvgIpc) is 2.37. The van der Waals surface area contributed by atoms with Crippen LogP contribution in [0, 0.1) is 0 Å². The smallest absolute Gasteiger partial charge is 0.416 e. The van der Waals surface area contributed by atoms with E-state index in [-0.39, 0.29) is 17.4 Å². The summed E-state index contributed by atoms with van der Waals surface area (Å²) in [6.45, 7) is 1.84. The molecular formula is C13H12F3N3O. The fourth-order valence-electron chi connectivity index (χ4n) is 1.56. The molecule has 0 saturated heterocycles. The number of nitrogens with zero attached hydrogens (tertiary/aromatic N) is 2. The number of aromatic nitrogens is 2. The van der Waals surface area contributed by atoms with Gasteiger partial charge in [-0.05, 0) is 18.2 Å². The van der Waals surface area contributed by atoms with Crippen molar-refractivity contribution in [1.82, 2.24) is 9.97 Å². The normalized spacial score (nSPS) is 11.4. The van der Waals surface area contributed by atoms with Gasteiger partial charge >= 0.3 is 6.18 Å². The van der Waals surface area contributed by atoms with Gasteiger partial charge in [0.2, 0.25) is 5.88 Å². The molecule has 0 aliphatic rings. The van der Waals surface area contributed by atoms with E-state index in [0.717, 1.165) is 12.1 Å². The molecule has 0 fully saturated rings. The Kier molecular flexibility index (Phi) is 3.78. The monoisotopic (exact) mass is 283 g/mol. The van der Waals surface area contributed by atoms with E-state index in [1.54, 1.807) is 0 Å². The van der Waals surface area contributed by atoms with Crippen LogP contribution >= 0.6 is 0 Å². The number of ether oxygens (including phenoxy) is 1. The number of nitrogens with two attached hydrogens (primary N) is 1. The first-order valence-electron chi connectivity index (χ1n) is 5.87. The van der Waals surface area contributed by atoms with Gasteiger partial charge in [-0.3, -0.25) is 0 Å². The van der Waals surface area contributed by atoms with Crippen LogP contribution in [0.5, 0.6) is 11.6 Å². The van der Waals surface area contributed by atoms with E-state index in [1.807, 2.05) is 6.92 Å². The zero-order valence-corrected chi connectivity index (χ0v) is 10.6. The minimum Gasteiger partial charge on any atom is -0.439 e. The number of rotatable bonds is 3. The van der Waals surface area contributed by atoms with Gasteiger partial charge in [-0.2, -0.15) is 18.2 Å². The zero-order chi connectivity index (χ0) is 14.8. The summed E-state index contributed by atoms with van der Waals surface area (Å²) < 4.78 is 43.1. The van der Waals surface area contributed by atoms with Gasteiger partial charge in [-0.25, -0.2) is 4.98 Å². The van der Waals surface area contributed by atoms with Crippen LogP contribution in [0.25, 0.3) is 0 Å². The number of halogens is 3. The molecule has 0 radical (unpaired) electrons. The predicted molar refractivity (Wildman–Crippen MR) is 67.3 cm³/mol. The molecule has 0 aliphatic heterocycles. The van der Waals surface area contributed by atoms with Gasteiger partial charge in [-0.15, -0.1) is 0 Å². The molecule has 0 aliphatic carbocycles. The van der Waals surface area contributed by atoms with E-state index in [0.29, 0.717) is 12.2 Å². The summed E-state index contributed by atoms with van der Waals surface area (Å²) in [7, 11) is 0. The SMILES string of the molecule is CCc1nc(N)cc(Oc2cccc(C(F)(F)F)c2)n1. The Morgan fingerprint density at radius 1 is 1.20 bits per heavy atom. The maximum atomic E-state index is 12.6. The zero-order valence-electron chi connectivity index (χ0n) is 10.6. The predicted octanol–water partition coefficient (Wildman–Crippen LogP) is 3.43. The molecule has 0 unspecified atom stereocenters. The number of nitrogen functional groups attached to an aromatic ring is 1. The van der Waals surface area contributed by atoms with Crippen LogP contribution in [0.2, 0.25) is 0 Å². The van der Waals surface area contributed by atoms with Crippen molar-refractivity contribution >= 4 is 5.82 Å². The minimum atomic E-state index is -4.42. The number of alkyl halides is 3. The second kappa shape index (κ2) is 5.36. The summed E-state index contributed by atoms with van der Waals surface area (Å²) in [6.07, 6.45) is -3.87. The molecular weight excluding hydrogens is 271 g/mol. The van der Waals surface area contributed by atoms with E-state index < -0.39 is 11.7 Å². The summed E-state index contributed by atoms with van der Waals surface area (Å²) in [6, 6.07) is 5.92. The fraction of sp³-hybridized carbons (Fsp3) is 0.231. The van der Waals surface area contributed by atoms with E-state index in [1.165, 1.54) is 18.2 Å². The summed E-state index contributed by atoms with van der Waals surface area (Å²) in [5.74, 6) is 0.833. The molecule has 0 amide bonds. The van der Waals surface area contributed by atoms with Crippen LogP contribution in [-0.4, -0.2) is 9.97 Å². The lowest BCUT2D eigenvalue weighted by Gasteiger charge is -2.10. The van der Waals surface area contributed by atoms with Crippen molar-refractivity contribution in [2.75, 3.05) is 5.73 Å². The first-order chi connectivity index (χ1) is 9.38. The average molecular weight is 283 g/mol. The molecule has 2 aromatic rings. The molecule has 2 rings (SSSR count). The number of aryl methyl sites for hydroxylation is 1. The van der Waals surface area contributed by atoms with Crippen molar-refractivity contribution in [2.45, 2.75) is 19.5 Å². The van der Waals surface area contributed by atoms with Crippen LogP contribution in [0.4, 0.5) is 19.0 Å². The number of anilines is 1. The van der Waals surface area contributed by atoms with Gasteiger partial charge in [0.1, 0.15) is 17.4 Å². The largest absolute Gasteiger partial charge is 0.439 e. The van der Waals surface area contributed by atoms with Crippen LogP contribution in [0.15, 0.2) is 30.3 Å². The van der Waals surface area contributed by atoms with Crippen molar-refractivity contribution < 1.29 is 17.9 Å². The van der Waals surface area contributed by atoms with E-state index in [9.17, 15) is 13.2 Å². The van der Waals surface area contributed by atoms with Crippen molar-refractivity contribution in [2.24, 2.45) is 0 Å². The van der Waals surface area contributed by atoms with Crippen LogP contribution in [0.1, 0.15) is 18.3 Å². The molecule has 4 nitrogen and oxygen atoms in total. The maximum Gasteiger partial charge on any atom is 0.416 e. The topological polar surface area (TPSA) is 61.0 Å². The fourth-order valence-corrected chi connectivity index (χ4v) is 1.56. The standard InChI is InChI=1S/C13H12F3N3O/c1-2-11-18-10(17)7-12(19-11)20-9-5-3-4-8(6-9)13(14,15)16/h3-7H,2H2,1H3,(H2,17,18,19). The molecule has 2 N–H and O–H groups in total. The lowest BCUT2D eigenvalue weighted by atomic mass is 10.2. The summed E-state index contributed by atoms with van der Waals surface area (Å²) in [5, 5.41) is 0. The van der Waals surface area contributed by atoms with Crippen molar-refractivity contribution in [3.05, 3.63) is 41.7 Å². The lowest BCUT2D eigenvalue weighted by Crippen LogP contribution is -2.05. The second-order valence-electron chi connectivity index (χ2n) is 4.03. The Hall–Kier alpha value is -2.31. The highest BCUT2D eigenvalue weighted by Crippen LogP contribution is 2.32. The van der Waals surface area contributed by atoms with Crippen LogP contribution < -0.4 is 10.5 Å². The lowest BCUT2D eigenvalue weighted by molar-refractivity contribution is -0.137. The first-order valence-corrected chi connectivity index (χ1v) is 5.87. The molecule has 20 heavy (non-hydrogen) atoms. The molecule has 106 valence electrons. The summed E-state index contributed by atoms with van der Waals surface area (Å²) in [5.41, 5.74) is 4.79. The minimum absolute atomic E-state index is 0.0416. The molecule has 0 spiro atoms. The summed E-state index contributed by atoms with van der Waals surface area (Å²) in [4.78, 5) is 8.00. The Labute approximate surface area is 113 Å². The highest BCUT2D eigenvalue weighted by Gasteiger charge is 2.30. The third-order valence-corrected chi connectivity index (χ3v) is 2.47. The van der Waals surface area contributed by atoms with Crippen LogP contribution in [-0.2, 0) is 12.6 Å². The van der Waals surface area contributed by atoms with E-state index in [4.69, 9.17) is 10.5 Å². The van der Waals surface area contributed by atoms with Crippen molar-refractivity contribution in [1.29, 1.82) is 0 Å². The molecule has 1 aromatic carbocycles. The van der Waals surface area contributed by atoms with Crippen molar-refractivity contribution in [3.63, 3.8) is 0 Å². The number of hydrogen-bond acceptors (Lipinski definition) is 4. The highest BCUT2D eigenvalue weighted by molar-refractivity contribution is 5.37. The maximum absolute atomic E-state index is 12.6. The van der Waals surface area contributed by atoms with Gasteiger partial charge in [0.15, 0.2) is 0 Å². The molecule has 1 aromatic heterocycles. The van der Waals surface area contributed by atoms with Crippen molar-refractivity contribution in [3.8, 4) is 11.6 Å². The van der Waals surface area contributed by atoms with E-state index in [2.05, 4.69) is 9.97 Å². The quantitative estimate of drug-likeness (QED) is 0.937. The Balaban J connectivity index is 2.28. The Morgan fingerprint density at radius 2 is 1.95 bits per heavy atom. The molecule has 0 atom stereocenters. The third kappa shape index (κ3) is 3.37. The van der Waals surface area contributed by atoms with Gasteiger partial charge in [0.25, 0.3) is 0 Å². The van der Waals surface area contributed by atoms with Gasteiger partial charge < -0.3 is 10.5 Å². The molecule has 0 bridgehead atoms.